The highest BCUT2D eigenvalue weighted by Crippen LogP contribution is 2.40. The Kier molecular flexibility index (Phi) is 11.5. The SMILES string of the molecule is CC(=Cc1ccc(Oc2cccnc2)cc1)COC(CCOC(=O)C1=C(C)NC(C)=C(C(=O)O)C1c1cccc([N+](=O)[O-])c1)C(C)(C)C. The van der Waals surface area contributed by atoms with Crippen LogP contribution in [-0.4, -0.2) is 46.3 Å². The first-order valence-electron chi connectivity index (χ1n) is 15.5. The molecule has 2 N–H and O–H groups in total. The number of nitrogens with zero attached hydrogens (tertiary/aromatic N) is 2. The maximum absolute atomic E-state index is 13.6. The number of nitrogens with one attached hydrogen (secondary N) is 1. The summed E-state index contributed by atoms with van der Waals surface area (Å²) in [5.74, 6) is -1.65. The van der Waals surface area contributed by atoms with E-state index in [1.54, 1.807) is 32.3 Å². The van der Waals surface area contributed by atoms with Crippen molar-refractivity contribution in [3.05, 3.63) is 122 Å². The number of benzene rings is 2. The number of hydrogen-bond acceptors (Lipinski definition) is 9. The maximum Gasteiger partial charge on any atom is 0.336 e. The minimum atomic E-state index is -1.24. The van der Waals surface area contributed by atoms with Crippen LogP contribution in [0.15, 0.2) is 101 Å². The standard InChI is InChI=1S/C37H41N3O8/c1-23(19-26-12-14-29(15-13-26)48-30-11-8-17-38-21-30)22-47-31(37(4,5)6)16-18-46-36(43)33-25(3)39-24(2)32(35(41)42)34(33)27-9-7-10-28(20-27)40(44)45/h7-15,17,19-21,31,34,39H,16,18,22H2,1-6H3,(H,41,42). The highest BCUT2D eigenvalue weighted by Gasteiger charge is 2.38. The van der Waals surface area contributed by atoms with Gasteiger partial charge in [-0.05, 0) is 67.2 Å². The molecule has 3 aromatic rings. The summed E-state index contributed by atoms with van der Waals surface area (Å²) in [5.41, 5.74) is 2.57. The lowest BCUT2D eigenvalue weighted by Gasteiger charge is -2.32. The predicted molar refractivity (Wildman–Crippen MR) is 181 cm³/mol. The number of hydrogen-bond donors (Lipinski definition) is 2. The Labute approximate surface area is 280 Å². The third-order valence-electron chi connectivity index (χ3n) is 7.88. The second kappa shape index (κ2) is 15.5. The number of nitro benzene ring substituents is 1. The normalized spacial score (nSPS) is 15.9. The largest absolute Gasteiger partial charge is 0.478 e. The van der Waals surface area contributed by atoms with Gasteiger partial charge in [0.2, 0.25) is 0 Å². The molecule has 252 valence electrons. The topological polar surface area (TPSA) is 150 Å². The van der Waals surface area contributed by atoms with Gasteiger partial charge in [0.15, 0.2) is 0 Å². The monoisotopic (exact) mass is 655 g/mol. The van der Waals surface area contributed by atoms with Crippen LogP contribution in [0.2, 0.25) is 0 Å². The van der Waals surface area contributed by atoms with E-state index in [2.05, 4.69) is 10.3 Å². The number of allylic oxidation sites excluding steroid dienone is 2. The highest BCUT2D eigenvalue weighted by molar-refractivity contribution is 5.99. The van der Waals surface area contributed by atoms with E-state index in [4.69, 9.17) is 14.2 Å². The van der Waals surface area contributed by atoms with Crippen molar-refractivity contribution in [1.29, 1.82) is 0 Å². The molecule has 2 atom stereocenters. The van der Waals surface area contributed by atoms with Crippen LogP contribution in [0.4, 0.5) is 5.69 Å². The molecule has 4 rings (SSSR count). The molecule has 0 bridgehead atoms. The summed E-state index contributed by atoms with van der Waals surface area (Å²) in [5, 5.41) is 24.5. The number of esters is 1. The molecular formula is C37H41N3O8. The first-order chi connectivity index (χ1) is 22.7. The number of ether oxygens (including phenoxy) is 3. The van der Waals surface area contributed by atoms with Gasteiger partial charge in [0.05, 0.1) is 47.5 Å². The van der Waals surface area contributed by atoms with Gasteiger partial charge in [-0.3, -0.25) is 15.1 Å². The molecule has 2 unspecified atom stereocenters. The van der Waals surface area contributed by atoms with Crippen molar-refractivity contribution in [3.63, 3.8) is 0 Å². The summed E-state index contributed by atoms with van der Waals surface area (Å²) in [7, 11) is 0. The summed E-state index contributed by atoms with van der Waals surface area (Å²) >= 11 is 0. The molecule has 1 aliphatic heterocycles. The van der Waals surface area contributed by atoms with Crippen molar-refractivity contribution in [3.8, 4) is 11.5 Å². The summed E-state index contributed by atoms with van der Waals surface area (Å²) < 4.78 is 17.9. The second-order valence-corrected chi connectivity index (χ2v) is 12.7. The van der Waals surface area contributed by atoms with E-state index in [0.29, 0.717) is 41.5 Å². The lowest BCUT2D eigenvalue weighted by Crippen LogP contribution is -2.33. The second-order valence-electron chi connectivity index (χ2n) is 12.7. The number of dihydropyridines is 1. The molecule has 1 aromatic heterocycles. The van der Waals surface area contributed by atoms with E-state index in [-0.39, 0.29) is 35.0 Å². The van der Waals surface area contributed by atoms with Crippen LogP contribution >= 0.6 is 0 Å². The van der Waals surface area contributed by atoms with Crippen molar-refractivity contribution < 1.29 is 33.8 Å². The molecule has 11 nitrogen and oxygen atoms in total. The molecule has 0 spiro atoms. The number of aromatic nitrogens is 1. The van der Waals surface area contributed by atoms with Crippen molar-refractivity contribution in [2.45, 2.75) is 60.0 Å². The van der Waals surface area contributed by atoms with E-state index in [0.717, 1.165) is 11.1 Å². The molecule has 0 amide bonds. The lowest BCUT2D eigenvalue weighted by atomic mass is 9.80. The summed E-state index contributed by atoms with van der Waals surface area (Å²) in [6.07, 6.45) is 5.49. The Morgan fingerprint density at radius 1 is 1.04 bits per heavy atom. The van der Waals surface area contributed by atoms with Gasteiger partial charge in [-0.1, -0.05) is 51.1 Å². The van der Waals surface area contributed by atoms with E-state index < -0.39 is 22.8 Å². The van der Waals surface area contributed by atoms with Gasteiger partial charge < -0.3 is 24.6 Å². The van der Waals surface area contributed by atoms with Gasteiger partial charge in [0, 0.05) is 36.1 Å². The van der Waals surface area contributed by atoms with Crippen molar-refractivity contribution in [2.75, 3.05) is 13.2 Å². The average molecular weight is 656 g/mol. The number of carbonyl (C=O) groups excluding carboxylic acids is 1. The van der Waals surface area contributed by atoms with E-state index in [9.17, 15) is 24.8 Å². The molecular weight excluding hydrogens is 614 g/mol. The summed E-state index contributed by atoms with van der Waals surface area (Å²) in [4.78, 5) is 40.9. The molecule has 2 aromatic carbocycles. The smallest absolute Gasteiger partial charge is 0.336 e. The first-order valence-corrected chi connectivity index (χ1v) is 15.5. The first kappa shape index (κ1) is 35.6. The summed E-state index contributed by atoms with van der Waals surface area (Å²) in [6, 6.07) is 17.0. The van der Waals surface area contributed by atoms with E-state index >= 15 is 0 Å². The molecule has 2 heterocycles. The Morgan fingerprint density at radius 3 is 2.38 bits per heavy atom. The van der Waals surface area contributed by atoms with Crippen LogP contribution in [0.3, 0.4) is 0 Å². The Morgan fingerprint density at radius 2 is 1.75 bits per heavy atom. The average Bonchev–Trinajstić information content (AvgIpc) is 3.02. The van der Waals surface area contributed by atoms with Gasteiger partial charge in [-0.15, -0.1) is 0 Å². The van der Waals surface area contributed by atoms with Crippen molar-refractivity contribution >= 4 is 23.7 Å². The fourth-order valence-corrected chi connectivity index (χ4v) is 5.54. The van der Waals surface area contributed by atoms with Crippen LogP contribution in [0.1, 0.15) is 65.0 Å². The van der Waals surface area contributed by atoms with Gasteiger partial charge in [0.1, 0.15) is 11.5 Å². The van der Waals surface area contributed by atoms with E-state index in [1.807, 2.05) is 70.2 Å². The van der Waals surface area contributed by atoms with Gasteiger partial charge in [-0.2, -0.15) is 0 Å². The number of pyridine rings is 1. The Balaban J connectivity index is 1.41. The Hall–Kier alpha value is -5.29. The van der Waals surface area contributed by atoms with Crippen LogP contribution in [0.25, 0.3) is 6.08 Å². The number of carboxylic acid groups (broad SMARTS) is 1. The van der Waals surface area contributed by atoms with Crippen LogP contribution in [0, 0.1) is 15.5 Å². The molecule has 1 aliphatic rings. The van der Waals surface area contributed by atoms with Gasteiger partial charge >= 0.3 is 11.9 Å². The number of rotatable bonds is 13. The quantitative estimate of drug-likeness (QED) is 0.107. The van der Waals surface area contributed by atoms with Crippen molar-refractivity contribution in [1.82, 2.24) is 10.3 Å². The Bertz CT molecular complexity index is 1740. The molecule has 48 heavy (non-hydrogen) atoms. The third-order valence-corrected chi connectivity index (χ3v) is 7.88. The fourth-order valence-electron chi connectivity index (χ4n) is 5.54. The van der Waals surface area contributed by atoms with Gasteiger partial charge in [0.25, 0.3) is 5.69 Å². The zero-order valence-electron chi connectivity index (χ0n) is 28.0. The van der Waals surface area contributed by atoms with Crippen LogP contribution < -0.4 is 10.1 Å². The minimum Gasteiger partial charge on any atom is -0.478 e. The lowest BCUT2D eigenvalue weighted by molar-refractivity contribution is -0.384. The van der Waals surface area contributed by atoms with E-state index in [1.165, 1.54) is 18.2 Å². The summed E-state index contributed by atoms with van der Waals surface area (Å²) in [6.45, 7) is 11.7. The maximum atomic E-state index is 13.6. The molecule has 0 radical (unpaired) electrons. The zero-order chi connectivity index (χ0) is 35.0. The molecule has 0 fully saturated rings. The van der Waals surface area contributed by atoms with Crippen LogP contribution in [-0.2, 0) is 19.1 Å². The molecule has 0 aliphatic carbocycles. The highest BCUT2D eigenvalue weighted by atomic mass is 16.6. The number of non-ortho nitro benzene ring substituents is 1. The van der Waals surface area contributed by atoms with Crippen LogP contribution in [0.5, 0.6) is 11.5 Å². The fraction of sp³-hybridized carbons (Fsp3) is 0.324. The third kappa shape index (κ3) is 9.16. The molecule has 11 heteroatoms. The molecule has 0 saturated heterocycles. The number of aliphatic carboxylic acids is 1. The van der Waals surface area contributed by atoms with Crippen molar-refractivity contribution in [2.24, 2.45) is 5.41 Å². The zero-order valence-corrected chi connectivity index (χ0v) is 28.0. The van der Waals surface area contributed by atoms with Gasteiger partial charge in [-0.25, -0.2) is 9.59 Å². The number of carbonyl (C=O) groups is 2. The predicted octanol–water partition coefficient (Wildman–Crippen LogP) is 7.57. The minimum absolute atomic E-state index is 0.0193. The number of carboxylic acids is 1. The molecule has 0 saturated carbocycles. The number of nitro groups is 1.